The summed E-state index contributed by atoms with van der Waals surface area (Å²) in [5.74, 6) is 0.182. The third-order valence-electron chi connectivity index (χ3n) is 5.75. The van der Waals surface area contributed by atoms with Crippen LogP contribution in [-0.4, -0.2) is 16.5 Å². The molecule has 0 spiro atoms. The molecule has 0 atom stereocenters. The van der Waals surface area contributed by atoms with Gasteiger partial charge in [0.05, 0.1) is 17.0 Å². The molecule has 0 N–H and O–H groups in total. The molecule has 0 fully saturated rings. The van der Waals surface area contributed by atoms with Crippen LogP contribution in [-0.2, 0) is 0 Å². The second-order valence-corrected chi connectivity index (χ2v) is 9.84. The van der Waals surface area contributed by atoms with Crippen molar-refractivity contribution in [2.24, 2.45) is 0 Å². The Bertz CT molecular complexity index is 1570. The van der Waals surface area contributed by atoms with Gasteiger partial charge >= 0.3 is 0 Å². The van der Waals surface area contributed by atoms with E-state index >= 15 is 0 Å². The fourth-order valence-electron chi connectivity index (χ4n) is 4.02. The van der Waals surface area contributed by atoms with Gasteiger partial charge in [-0.15, -0.1) is 0 Å². The summed E-state index contributed by atoms with van der Waals surface area (Å²) in [7, 11) is 0. The molecule has 5 heteroatoms. The zero-order valence-corrected chi connectivity index (χ0v) is 21.0. The summed E-state index contributed by atoms with van der Waals surface area (Å²) in [5, 5.41) is 12.9. The van der Waals surface area contributed by atoms with Crippen molar-refractivity contribution in [3.05, 3.63) is 119 Å². The summed E-state index contributed by atoms with van der Waals surface area (Å²) in [4.78, 5) is 17.8. The molecular weight excluding hydrogens is 516 g/mol. The van der Waals surface area contributed by atoms with E-state index in [4.69, 9.17) is 4.98 Å². The Labute approximate surface area is 216 Å². The van der Waals surface area contributed by atoms with E-state index in [1.54, 1.807) is 12.1 Å². The predicted molar refractivity (Wildman–Crippen MR) is 147 cm³/mol. The summed E-state index contributed by atoms with van der Waals surface area (Å²) in [6.45, 7) is 0. The van der Waals surface area contributed by atoms with Crippen molar-refractivity contribution >= 4 is 44.2 Å². The Kier molecular flexibility index (Phi) is 6.76. The van der Waals surface area contributed by atoms with Gasteiger partial charge in [0.2, 0.25) is 0 Å². The van der Waals surface area contributed by atoms with Crippen LogP contribution in [0, 0.1) is 11.3 Å². The van der Waals surface area contributed by atoms with Gasteiger partial charge in [0.1, 0.15) is 11.1 Å². The lowest BCUT2D eigenvalue weighted by Crippen LogP contribution is -2.04. The largest absolute Gasteiger partial charge is 0.293 e. The van der Waals surface area contributed by atoms with Crippen LogP contribution in [0.4, 0.5) is 0 Å². The third kappa shape index (κ3) is 4.90. The topological polar surface area (TPSA) is 53.8 Å². The number of pyridine rings is 1. The second kappa shape index (κ2) is 10.3. The van der Waals surface area contributed by atoms with Crippen LogP contribution in [0.3, 0.4) is 0 Å². The van der Waals surface area contributed by atoms with Crippen LogP contribution in [0.2, 0.25) is 0 Å². The van der Waals surface area contributed by atoms with Gasteiger partial charge in [-0.1, -0.05) is 113 Å². The summed E-state index contributed by atoms with van der Waals surface area (Å²) in [5.41, 5.74) is 4.63. The van der Waals surface area contributed by atoms with E-state index in [0.29, 0.717) is 16.2 Å². The average molecular weight is 535 g/mol. The fourth-order valence-corrected chi connectivity index (χ4v) is 5.18. The van der Waals surface area contributed by atoms with Crippen molar-refractivity contribution in [1.29, 1.82) is 5.26 Å². The first-order valence-electron chi connectivity index (χ1n) is 11.0. The van der Waals surface area contributed by atoms with Gasteiger partial charge < -0.3 is 0 Å². The molecule has 0 saturated carbocycles. The average Bonchev–Trinajstić information content (AvgIpc) is 2.91. The number of nitrogens with zero attached hydrogens (tertiary/aromatic N) is 2. The SMILES string of the molecule is N#Cc1c(-c2ccccc2)cc(-c2cccc3ccccc23)nc1SCC(=O)c1ccc(Br)cc1. The number of Topliss-reactive ketones (excluding diaryl/α,β-unsaturated/α-hetero) is 1. The van der Waals surface area contributed by atoms with Crippen LogP contribution >= 0.6 is 27.7 Å². The lowest BCUT2D eigenvalue weighted by atomic mass is 9.97. The lowest BCUT2D eigenvalue weighted by Gasteiger charge is -2.14. The molecule has 0 bridgehead atoms. The van der Waals surface area contributed by atoms with Gasteiger partial charge in [-0.25, -0.2) is 4.98 Å². The first kappa shape index (κ1) is 23.0. The molecule has 5 rings (SSSR count). The molecular formula is C30H19BrN2OS. The summed E-state index contributed by atoms with van der Waals surface area (Å²) < 4.78 is 0.922. The minimum absolute atomic E-state index is 0.00925. The molecule has 0 radical (unpaired) electrons. The Balaban J connectivity index is 1.62. The minimum Gasteiger partial charge on any atom is -0.293 e. The maximum absolute atomic E-state index is 12.9. The molecule has 0 saturated heterocycles. The number of ketones is 1. The summed E-state index contributed by atoms with van der Waals surface area (Å²) in [6, 6.07) is 35.8. The van der Waals surface area contributed by atoms with Crippen LogP contribution in [0.5, 0.6) is 0 Å². The van der Waals surface area contributed by atoms with E-state index in [-0.39, 0.29) is 11.5 Å². The van der Waals surface area contributed by atoms with Gasteiger partial charge in [-0.05, 0) is 34.5 Å². The zero-order chi connectivity index (χ0) is 24.2. The quantitative estimate of drug-likeness (QED) is 0.163. The molecule has 0 aliphatic rings. The maximum Gasteiger partial charge on any atom is 0.173 e. The smallest absolute Gasteiger partial charge is 0.173 e. The molecule has 1 heterocycles. The molecule has 5 aromatic rings. The summed E-state index contributed by atoms with van der Waals surface area (Å²) >= 11 is 4.71. The highest BCUT2D eigenvalue weighted by Gasteiger charge is 2.18. The van der Waals surface area contributed by atoms with E-state index < -0.39 is 0 Å². The highest BCUT2D eigenvalue weighted by atomic mass is 79.9. The first-order chi connectivity index (χ1) is 17.1. The van der Waals surface area contributed by atoms with Crippen molar-refractivity contribution in [3.8, 4) is 28.5 Å². The highest BCUT2D eigenvalue weighted by molar-refractivity contribution is 9.10. The van der Waals surface area contributed by atoms with Gasteiger partial charge in [-0.3, -0.25) is 4.79 Å². The van der Waals surface area contributed by atoms with E-state index in [1.807, 2.05) is 72.8 Å². The highest BCUT2D eigenvalue weighted by Crippen LogP contribution is 2.36. The van der Waals surface area contributed by atoms with E-state index in [1.165, 1.54) is 11.8 Å². The number of carbonyl (C=O) groups is 1. The Morgan fingerprint density at radius 1 is 0.857 bits per heavy atom. The molecule has 168 valence electrons. The number of hydrogen-bond donors (Lipinski definition) is 0. The normalized spacial score (nSPS) is 10.7. The standard InChI is InChI=1S/C30H19BrN2OS/c31-23-15-13-22(14-16-23)29(34)19-35-30-27(18-32)26(21-7-2-1-3-8-21)17-28(33-30)25-12-6-10-20-9-4-5-11-24(20)25/h1-17H,19H2. The molecule has 0 aliphatic heterocycles. The molecule has 0 amide bonds. The van der Waals surface area contributed by atoms with Gasteiger partial charge in [0.25, 0.3) is 0 Å². The third-order valence-corrected chi connectivity index (χ3v) is 7.26. The van der Waals surface area contributed by atoms with Gasteiger partial charge in [0.15, 0.2) is 5.78 Å². The second-order valence-electron chi connectivity index (χ2n) is 7.96. The number of halogens is 1. The maximum atomic E-state index is 12.9. The summed E-state index contributed by atoms with van der Waals surface area (Å²) in [6.07, 6.45) is 0. The molecule has 1 aromatic heterocycles. The fraction of sp³-hybridized carbons (Fsp3) is 0.0333. The molecule has 4 aromatic carbocycles. The Hall–Kier alpha value is -3.72. The van der Waals surface area contributed by atoms with Crippen molar-refractivity contribution in [1.82, 2.24) is 4.98 Å². The van der Waals surface area contributed by atoms with Crippen LogP contribution in [0.15, 0.2) is 113 Å². The monoisotopic (exact) mass is 534 g/mol. The van der Waals surface area contributed by atoms with E-state index in [2.05, 4.69) is 40.2 Å². The number of hydrogen-bond acceptors (Lipinski definition) is 4. The molecule has 3 nitrogen and oxygen atoms in total. The van der Waals surface area contributed by atoms with Crippen LogP contribution < -0.4 is 0 Å². The van der Waals surface area contributed by atoms with E-state index in [0.717, 1.165) is 37.6 Å². The molecule has 0 aliphatic carbocycles. The predicted octanol–water partition coefficient (Wildman–Crippen LogP) is 8.18. The number of fused-ring (bicyclic) bond motifs is 1. The van der Waals surface area contributed by atoms with Crippen molar-refractivity contribution in [2.75, 3.05) is 5.75 Å². The van der Waals surface area contributed by atoms with E-state index in [9.17, 15) is 10.1 Å². The van der Waals surface area contributed by atoms with Gasteiger partial charge in [-0.2, -0.15) is 5.26 Å². The lowest BCUT2D eigenvalue weighted by molar-refractivity contribution is 0.102. The number of rotatable bonds is 6. The number of benzene rings is 4. The van der Waals surface area contributed by atoms with Crippen molar-refractivity contribution < 1.29 is 4.79 Å². The number of carbonyl (C=O) groups excluding carboxylic acids is 1. The Morgan fingerprint density at radius 2 is 1.57 bits per heavy atom. The van der Waals surface area contributed by atoms with Crippen molar-refractivity contribution in [3.63, 3.8) is 0 Å². The molecule has 0 unspecified atom stereocenters. The minimum atomic E-state index is -0.00925. The zero-order valence-electron chi connectivity index (χ0n) is 18.6. The number of aromatic nitrogens is 1. The number of nitriles is 1. The Morgan fingerprint density at radius 3 is 2.34 bits per heavy atom. The van der Waals surface area contributed by atoms with Crippen molar-refractivity contribution in [2.45, 2.75) is 5.03 Å². The first-order valence-corrected chi connectivity index (χ1v) is 12.8. The molecule has 35 heavy (non-hydrogen) atoms. The number of thioether (sulfide) groups is 1. The van der Waals surface area contributed by atoms with Gasteiger partial charge in [0, 0.05) is 21.2 Å². The van der Waals surface area contributed by atoms with Crippen LogP contribution in [0.25, 0.3) is 33.2 Å². The van der Waals surface area contributed by atoms with Crippen LogP contribution in [0.1, 0.15) is 15.9 Å².